The Bertz CT molecular complexity index is 1460. The molecule has 3 aromatic heterocycles. The third-order valence-corrected chi connectivity index (χ3v) is 7.29. The number of nitrogens with zero attached hydrogens (tertiary/aromatic N) is 2. The molecule has 148 valence electrons. The topological polar surface area (TPSA) is 25.8 Å². The number of rotatable bonds is 2. The van der Waals surface area contributed by atoms with Gasteiger partial charge < -0.3 is 0 Å². The highest BCUT2D eigenvalue weighted by Crippen LogP contribution is 2.49. The summed E-state index contributed by atoms with van der Waals surface area (Å²) in [5, 5.41) is 7.38. The first-order chi connectivity index (χ1) is 15.2. The number of aromatic nitrogens is 2. The number of fused-ring (bicyclic) bond motifs is 6. The summed E-state index contributed by atoms with van der Waals surface area (Å²) in [6.45, 7) is 4.27. The van der Waals surface area contributed by atoms with Crippen molar-refractivity contribution in [1.29, 1.82) is 0 Å². The van der Waals surface area contributed by atoms with E-state index >= 15 is 0 Å². The molecular weight excluding hydrogens is 396 g/mol. The van der Waals surface area contributed by atoms with Gasteiger partial charge in [-0.15, -0.1) is 11.3 Å². The van der Waals surface area contributed by atoms with E-state index in [-0.39, 0.29) is 0 Å². The van der Waals surface area contributed by atoms with Crippen LogP contribution in [-0.4, -0.2) is 9.97 Å². The molecule has 0 aliphatic heterocycles. The van der Waals surface area contributed by atoms with Crippen molar-refractivity contribution in [3.63, 3.8) is 0 Å². The first-order valence-corrected chi connectivity index (χ1v) is 11.2. The van der Waals surface area contributed by atoms with Crippen LogP contribution >= 0.6 is 11.3 Å². The zero-order valence-corrected chi connectivity index (χ0v) is 18.2. The maximum atomic E-state index is 4.43. The molecule has 0 N–H and O–H groups in total. The summed E-state index contributed by atoms with van der Waals surface area (Å²) in [7, 11) is 0. The molecule has 6 rings (SSSR count). The monoisotopic (exact) mass is 416 g/mol. The van der Waals surface area contributed by atoms with Gasteiger partial charge in [0, 0.05) is 56.1 Å². The molecule has 3 aromatic carbocycles. The summed E-state index contributed by atoms with van der Waals surface area (Å²) in [6.07, 6.45) is 7.74. The molecule has 0 saturated carbocycles. The van der Waals surface area contributed by atoms with E-state index in [2.05, 4.69) is 84.5 Å². The molecule has 0 saturated heterocycles. The maximum Gasteiger partial charge on any atom is 0.0434 e. The number of pyridine rings is 2. The number of hydrogen-bond donors (Lipinski definition) is 0. The maximum absolute atomic E-state index is 4.43. The van der Waals surface area contributed by atoms with Crippen LogP contribution < -0.4 is 0 Å². The Morgan fingerprint density at radius 1 is 0.516 bits per heavy atom. The van der Waals surface area contributed by atoms with Gasteiger partial charge in [0.25, 0.3) is 0 Å². The Hall–Kier alpha value is -3.56. The minimum absolute atomic E-state index is 1.15. The molecule has 0 fully saturated rings. The van der Waals surface area contributed by atoms with E-state index in [9.17, 15) is 0 Å². The Kier molecular flexibility index (Phi) is 4.12. The van der Waals surface area contributed by atoms with Crippen LogP contribution in [0.2, 0.25) is 0 Å². The van der Waals surface area contributed by atoms with Gasteiger partial charge >= 0.3 is 0 Å². The second kappa shape index (κ2) is 7.00. The van der Waals surface area contributed by atoms with Gasteiger partial charge in [0.2, 0.25) is 0 Å². The molecule has 0 bridgehead atoms. The summed E-state index contributed by atoms with van der Waals surface area (Å²) >= 11 is 1.88. The summed E-state index contributed by atoms with van der Waals surface area (Å²) in [5.74, 6) is 0. The molecule has 3 heteroatoms. The van der Waals surface area contributed by atoms with Gasteiger partial charge in [0.05, 0.1) is 0 Å². The second-order valence-corrected chi connectivity index (χ2v) is 9.11. The Balaban J connectivity index is 1.85. The highest BCUT2D eigenvalue weighted by atomic mass is 32.1. The molecule has 0 spiro atoms. The lowest BCUT2D eigenvalue weighted by Gasteiger charge is -2.09. The molecule has 2 nitrogen and oxygen atoms in total. The average Bonchev–Trinajstić information content (AvgIpc) is 3.21. The van der Waals surface area contributed by atoms with Gasteiger partial charge in [0.15, 0.2) is 0 Å². The van der Waals surface area contributed by atoms with Gasteiger partial charge in [-0.2, -0.15) is 0 Å². The summed E-state index contributed by atoms with van der Waals surface area (Å²) in [6, 6.07) is 22.0. The fraction of sp³-hybridized carbons (Fsp3) is 0.0714. The molecule has 0 aliphatic carbocycles. The van der Waals surface area contributed by atoms with Crippen molar-refractivity contribution >= 4 is 43.7 Å². The van der Waals surface area contributed by atoms with Crippen LogP contribution in [0.1, 0.15) is 11.1 Å². The van der Waals surface area contributed by atoms with Gasteiger partial charge in [-0.3, -0.25) is 9.97 Å². The first kappa shape index (κ1) is 18.2. The van der Waals surface area contributed by atoms with Gasteiger partial charge in [0.1, 0.15) is 0 Å². The third kappa shape index (κ3) is 2.85. The van der Waals surface area contributed by atoms with Crippen molar-refractivity contribution in [3.05, 3.63) is 96.6 Å². The quantitative estimate of drug-likeness (QED) is 0.268. The van der Waals surface area contributed by atoms with Crippen LogP contribution in [-0.2, 0) is 0 Å². The van der Waals surface area contributed by atoms with Crippen molar-refractivity contribution in [3.8, 4) is 20.9 Å². The van der Waals surface area contributed by atoms with Crippen LogP contribution in [0.5, 0.6) is 0 Å². The van der Waals surface area contributed by atoms with Crippen molar-refractivity contribution in [1.82, 2.24) is 9.97 Å². The lowest BCUT2D eigenvalue weighted by Crippen LogP contribution is -1.85. The fourth-order valence-electron chi connectivity index (χ4n) is 4.42. The minimum Gasteiger partial charge on any atom is -0.264 e. The Morgan fingerprint density at radius 3 is 1.35 bits per heavy atom. The number of hydrogen-bond acceptors (Lipinski definition) is 3. The first-order valence-electron chi connectivity index (χ1n) is 10.4. The fourth-order valence-corrected chi connectivity index (χ4v) is 5.76. The van der Waals surface area contributed by atoms with Crippen LogP contribution in [0.15, 0.2) is 85.5 Å². The lowest BCUT2D eigenvalue weighted by molar-refractivity contribution is 1.35. The number of aryl methyl sites for hydroxylation is 2. The van der Waals surface area contributed by atoms with E-state index in [1.165, 1.54) is 53.6 Å². The van der Waals surface area contributed by atoms with Crippen LogP contribution in [0.4, 0.5) is 0 Å². The van der Waals surface area contributed by atoms with E-state index in [1.54, 1.807) is 0 Å². The smallest absolute Gasteiger partial charge is 0.0434 e. The van der Waals surface area contributed by atoms with Crippen molar-refractivity contribution in [2.24, 2.45) is 0 Å². The van der Waals surface area contributed by atoms with Crippen LogP contribution in [0.3, 0.4) is 0 Å². The van der Waals surface area contributed by atoms with Gasteiger partial charge in [-0.25, -0.2) is 0 Å². The molecule has 0 unspecified atom stereocenters. The van der Waals surface area contributed by atoms with Crippen molar-refractivity contribution < 1.29 is 0 Å². The van der Waals surface area contributed by atoms with Crippen LogP contribution in [0.25, 0.3) is 53.2 Å². The predicted molar refractivity (Wildman–Crippen MR) is 133 cm³/mol. The van der Waals surface area contributed by atoms with Crippen LogP contribution in [0, 0.1) is 13.8 Å². The molecule has 0 atom stereocenters. The largest absolute Gasteiger partial charge is 0.264 e. The summed E-state index contributed by atoms with van der Waals surface area (Å²) in [5.41, 5.74) is 5.05. The zero-order valence-electron chi connectivity index (χ0n) is 17.4. The highest BCUT2D eigenvalue weighted by Gasteiger charge is 2.20. The number of benzene rings is 3. The lowest BCUT2D eigenvalue weighted by atomic mass is 9.94. The molecule has 31 heavy (non-hydrogen) atoms. The molecule has 0 radical (unpaired) electrons. The van der Waals surface area contributed by atoms with Gasteiger partial charge in [-0.05, 0) is 47.9 Å². The van der Waals surface area contributed by atoms with Crippen molar-refractivity contribution in [2.45, 2.75) is 13.8 Å². The molecular formula is C28H20N2S. The SMILES string of the molecule is Cc1ccc(-c2sc(-c3ccc(C)cc3)c3c4ccncc4c4cnccc4c23)cc1. The van der Waals surface area contributed by atoms with E-state index in [4.69, 9.17) is 0 Å². The van der Waals surface area contributed by atoms with Crippen molar-refractivity contribution in [2.75, 3.05) is 0 Å². The summed E-state index contributed by atoms with van der Waals surface area (Å²) < 4.78 is 0. The standard InChI is InChI=1S/C28H20N2S/c1-17-3-7-19(8-4-17)27-25-21-11-13-29-15-23(21)24-16-30-14-12-22(24)26(25)28(31-27)20-9-5-18(2)6-10-20/h3-16H,1-2H3. The Morgan fingerprint density at radius 2 is 0.935 bits per heavy atom. The minimum atomic E-state index is 1.15. The molecule has 6 aromatic rings. The predicted octanol–water partition coefficient (Wildman–Crippen LogP) is 7.95. The average molecular weight is 417 g/mol. The number of thiophene rings is 1. The van der Waals surface area contributed by atoms with E-state index in [1.807, 2.05) is 36.1 Å². The van der Waals surface area contributed by atoms with E-state index in [0.717, 1.165) is 10.8 Å². The highest BCUT2D eigenvalue weighted by molar-refractivity contribution is 7.21. The van der Waals surface area contributed by atoms with E-state index in [0.29, 0.717) is 0 Å². The third-order valence-electron chi connectivity index (χ3n) is 6.01. The van der Waals surface area contributed by atoms with Gasteiger partial charge in [-0.1, -0.05) is 59.7 Å². The van der Waals surface area contributed by atoms with E-state index < -0.39 is 0 Å². The normalized spacial score (nSPS) is 11.5. The summed E-state index contributed by atoms with van der Waals surface area (Å²) in [4.78, 5) is 11.5. The molecule has 0 amide bonds. The molecule has 0 aliphatic rings. The molecule has 3 heterocycles. The zero-order chi connectivity index (χ0) is 20.9. The second-order valence-electron chi connectivity index (χ2n) is 8.08. The Labute approximate surface area is 184 Å².